The minimum absolute atomic E-state index is 0.0886. The summed E-state index contributed by atoms with van der Waals surface area (Å²) in [6.07, 6.45) is 0.983. The third-order valence-electron chi connectivity index (χ3n) is 4.59. The molecule has 150 valence electrons. The summed E-state index contributed by atoms with van der Waals surface area (Å²) in [4.78, 5) is 24.8. The van der Waals surface area contributed by atoms with Gasteiger partial charge in [0, 0.05) is 0 Å². The van der Waals surface area contributed by atoms with Crippen molar-refractivity contribution in [2.45, 2.75) is 52.2 Å². The molecule has 5 heteroatoms. The number of carbonyl (C=O) groups excluding carboxylic acids is 2. The maximum atomic E-state index is 12.5. The summed E-state index contributed by atoms with van der Waals surface area (Å²) in [7, 11) is 1.59. The van der Waals surface area contributed by atoms with Crippen molar-refractivity contribution in [1.29, 1.82) is 0 Å². The molecule has 0 radical (unpaired) electrons. The molecule has 1 N–H and O–H groups in total. The molecule has 5 nitrogen and oxygen atoms in total. The van der Waals surface area contributed by atoms with E-state index >= 15 is 0 Å². The summed E-state index contributed by atoms with van der Waals surface area (Å²) < 4.78 is 10.6. The van der Waals surface area contributed by atoms with Gasteiger partial charge in [0.15, 0.2) is 6.10 Å². The lowest BCUT2D eigenvalue weighted by Gasteiger charge is -2.21. The van der Waals surface area contributed by atoms with Gasteiger partial charge in [-0.05, 0) is 43.0 Å². The monoisotopic (exact) mass is 383 g/mol. The number of carbonyl (C=O) groups is 2. The summed E-state index contributed by atoms with van der Waals surface area (Å²) in [6, 6.07) is 15.3. The van der Waals surface area contributed by atoms with Crippen molar-refractivity contribution in [2.24, 2.45) is 0 Å². The van der Waals surface area contributed by atoms with Crippen LogP contribution < -0.4 is 10.1 Å². The van der Waals surface area contributed by atoms with Gasteiger partial charge in [-0.1, -0.05) is 55.8 Å². The van der Waals surface area contributed by atoms with Crippen LogP contribution in [-0.4, -0.2) is 25.1 Å². The van der Waals surface area contributed by atoms with Gasteiger partial charge in [-0.25, -0.2) is 0 Å². The first-order valence-electron chi connectivity index (χ1n) is 9.63. The van der Waals surface area contributed by atoms with Crippen LogP contribution in [0, 0.1) is 6.92 Å². The summed E-state index contributed by atoms with van der Waals surface area (Å²) >= 11 is 0. The van der Waals surface area contributed by atoms with Crippen LogP contribution in [0.2, 0.25) is 0 Å². The highest BCUT2D eigenvalue weighted by molar-refractivity contribution is 5.84. The zero-order chi connectivity index (χ0) is 20.5. The molecule has 2 aromatic carbocycles. The molecule has 0 bridgehead atoms. The maximum absolute atomic E-state index is 12.5. The minimum atomic E-state index is -0.858. The van der Waals surface area contributed by atoms with Crippen molar-refractivity contribution in [1.82, 2.24) is 5.32 Å². The number of ether oxygens (including phenoxy) is 2. The van der Waals surface area contributed by atoms with E-state index in [1.165, 1.54) is 0 Å². The number of aryl methyl sites for hydroxylation is 1. The lowest BCUT2D eigenvalue weighted by Crippen LogP contribution is -2.38. The summed E-state index contributed by atoms with van der Waals surface area (Å²) in [5.74, 6) is -0.0150. The quantitative estimate of drug-likeness (QED) is 0.661. The fraction of sp³-hybridized carbons (Fsp3) is 0.391. The number of rotatable bonds is 9. The van der Waals surface area contributed by atoms with Gasteiger partial charge in [0.1, 0.15) is 5.75 Å². The van der Waals surface area contributed by atoms with Crippen LogP contribution in [-0.2, 0) is 20.7 Å². The molecule has 2 unspecified atom stereocenters. The third kappa shape index (κ3) is 6.12. The molecule has 28 heavy (non-hydrogen) atoms. The van der Waals surface area contributed by atoms with Crippen molar-refractivity contribution < 1.29 is 19.1 Å². The van der Waals surface area contributed by atoms with Crippen LogP contribution in [0.5, 0.6) is 5.75 Å². The average molecular weight is 383 g/mol. The fourth-order valence-electron chi connectivity index (χ4n) is 3.02. The van der Waals surface area contributed by atoms with Crippen molar-refractivity contribution in [3.63, 3.8) is 0 Å². The average Bonchev–Trinajstić information content (AvgIpc) is 2.69. The fourth-order valence-corrected chi connectivity index (χ4v) is 3.02. The molecule has 0 aliphatic heterocycles. The number of hydrogen-bond donors (Lipinski definition) is 1. The number of nitrogens with one attached hydrogen (secondary N) is 1. The normalized spacial score (nSPS) is 12.7. The van der Waals surface area contributed by atoms with Gasteiger partial charge in [-0.15, -0.1) is 0 Å². The lowest BCUT2D eigenvalue weighted by molar-refractivity contribution is -0.154. The van der Waals surface area contributed by atoms with Gasteiger partial charge in [-0.3, -0.25) is 9.59 Å². The zero-order valence-electron chi connectivity index (χ0n) is 17.0. The summed E-state index contributed by atoms with van der Waals surface area (Å²) in [5, 5.41) is 2.99. The first kappa shape index (κ1) is 21.5. The topological polar surface area (TPSA) is 64.6 Å². The van der Waals surface area contributed by atoms with Gasteiger partial charge in [0.2, 0.25) is 0 Å². The molecule has 1 amide bonds. The Bertz CT molecular complexity index is 788. The van der Waals surface area contributed by atoms with Crippen molar-refractivity contribution in [3.8, 4) is 5.75 Å². The molecule has 0 aromatic heterocycles. The molecule has 2 aromatic rings. The minimum Gasteiger partial charge on any atom is -0.496 e. The number of esters is 1. The molecule has 2 atom stereocenters. The van der Waals surface area contributed by atoms with E-state index in [1.54, 1.807) is 14.0 Å². The number of benzene rings is 2. The summed E-state index contributed by atoms with van der Waals surface area (Å²) in [5.41, 5.74) is 2.83. The van der Waals surface area contributed by atoms with Gasteiger partial charge in [0.05, 0.1) is 19.6 Å². The Morgan fingerprint density at radius 2 is 1.82 bits per heavy atom. The van der Waals surface area contributed by atoms with E-state index < -0.39 is 12.1 Å². The van der Waals surface area contributed by atoms with E-state index in [1.807, 2.05) is 55.5 Å². The van der Waals surface area contributed by atoms with E-state index in [9.17, 15) is 9.59 Å². The van der Waals surface area contributed by atoms with Gasteiger partial charge in [0.25, 0.3) is 5.91 Å². The smallest absolute Gasteiger partial charge is 0.311 e. The van der Waals surface area contributed by atoms with Crippen molar-refractivity contribution in [2.75, 3.05) is 7.11 Å². The molecular weight excluding hydrogens is 354 g/mol. The zero-order valence-corrected chi connectivity index (χ0v) is 17.0. The SMILES string of the molecule is CCCC(NC(=O)C(C)OC(=O)Cc1ccc(C)c(OC)c1)c1ccccc1. The highest BCUT2D eigenvalue weighted by Crippen LogP contribution is 2.20. The van der Waals surface area contributed by atoms with Crippen LogP contribution in [0.4, 0.5) is 0 Å². The molecule has 0 aliphatic rings. The molecule has 2 rings (SSSR count). The Hall–Kier alpha value is -2.82. The first-order valence-corrected chi connectivity index (χ1v) is 9.63. The Kier molecular flexibility index (Phi) is 8.05. The second-order valence-corrected chi connectivity index (χ2v) is 6.87. The molecule has 0 spiro atoms. The Balaban J connectivity index is 1.94. The van der Waals surface area contributed by atoms with Crippen LogP contribution in [0.25, 0.3) is 0 Å². The maximum Gasteiger partial charge on any atom is 0.311 e. The Morgan fingerprint density at radius 3 is 2.46 bits per heavy atom. The highest BCUT2D eigenvalue weighted by atomic mass is 16.5. The molecule has 0 fully saturated rings. The second-order valence-electron chi connectivity index (χ2n) is 6.87. The van der Waals surface area contributed by atoms with Crippen LogP contribution in [0.3, 0.4) is 0 Å². The standard InChI is InChI=1S/C23H29NO4/c1-5-9-20(19-10-7-6-8-11-19)24-23(26)17(3)28-22(25)15-18-13-12-16(2)21(14-18)27-4/h6-8,10-14,17,20H,5,9,15H2,1-4H3,(H,24,26). The molecule has 0 saturated heterocycles. The molecule has 0 aliphatic carbocycles. The predicted molar refractivity (Wildman–Crippen MR) is 109 cm³/mol. The Labute approximate surface area is 167 Å². The van der Waals surface area contributed by atoms with E-state index in [4.69, 9.17) is 9.47 Å². The second kappa shape index (κ2) is 10.5. The predicted octanol–water partition coefficient (Wildman–Crippen LogP) is 4.14. The third-order valence-corrected chi connectivity index (χ3v) is 4.59. The number of hydrogen-bond acceptors (Lipinski definition) is 4. The van der Waals surface area contributed by atoms with E-state index in [0.29, 0.717) is 0 Å². The van der Waals surface area contributed by atoms with Gasteiger partial charge in [-0.2, -0.15) is 0 Å². The molecule has 0 heterocycles. The van der Waals surface area contributed by atoms with E-state index in [0.717, 1.165) is 35.3 Å². The van der Waals surface area contributed by atoms with Crippen LogP contribution >= 0.6 is 0 Å². The van der Waals surface area contributed by atoms with Crippen LogP contribution in [0.15, 0.2) is 48.5 Å². The van der Waals surface area contributed by atoms with E-state index in [2.05, 4.69) is 12.2 Å². The molecule has 0 saturated carbocycles. The molecular formula is C23H29NO4. The van der Waals surface area contributed by atoms with Gasteiger partial charge >= 0.3 is 5.97 Å². The first-order chi connectivity index (χ1) is 13.4. The van der Waals surface area contributed by atoms with E-state index in [-0.39, 0.29) is 18.4 Å². The number of methoxy groups -OCH3 is 1. The highest BCUT2D eigenvalue weighted by Gasteiger charge is 2.22. The summed E-state index contributed by atoms with van der Waals surface area (Å²) in [6.45, 7) is 5.60. The van der Waals surface area contributed by atoms with Crippen molar-refractivity contribution in [3.05, 3.63) is 65.2 Å². The lowest BCUT2D eigenvalue weighted by atomic mass is 10.0. The van der Waals surface area contributed by atoms with Gasteiger partial charge < -0.3 is 14.8 Å². The van der Waals surface area contributed by atoms with Crippen LogP contribution in [0.1, 0.15) is 49.4 Å². The van der Waals surface area contributed by atoms with Crippen molar-refractivity contribution >= 4 is 11.9 Å². The Morgan fingerprint density at radius 1 is 1.11 bits per heavy atom. The largest absolute Gasteiger partial charge is 0.496 e. The number of amides is 1.